The summed E-state index contributed by atoms with van der Waals surface area (Å²) in [6.45, 7) is 1.10. The Bertz CT molecular complexity index is 1290. The Kier molecular flexibility index (Phi) is 8.57. The van der Waals surface area contributed by atoms with Gasteiger partial charge in [0.1, 0.15) is 23.1 Å². The van der Waals surface area contributed by atoms with Gasteiger partial charge in [0.25, 0.3) is 0 Å². The van der Waals surface area contributed by atoms with E-state index in [-0.39, 0.29) is 5.56 Å². The second-order valence-electron chi connectivity index (χ2n) is 7.96. The average molecular weight is 507 g/mol. The topological polar surface area (TPSA) is 55.8 Å². The van der Waals surface area contributed by atoms with Gasteiger partial charge in [-0.05, 0) is 91.2 Å². The number of carboxylic acids is 1. The molecular formula is C29H24F2O4S. The zero-order valence-electron chi connectivity index (χ0n) is 19.3. The number of carboxylic acid groups (broad SMARTS) is 1. The van der Waals surface area contributed by atoms with Gasteiger partial charge in [-0.15, -0.1) is 0 Å². The van der Waals surface area contributed by atoms with E-state index in [1.165, 1.54) is 12.1 Å². The molecule has 0 amide bonds. The van der Waals surface area contributed by atoms with Gasteiger partial charge in [-0.2, -0.15) is 0 Å². The van der Waals surface area contributed by atoms with Gasteiger partial charge in [0.2, 0.25) is 0 Å². The van der Waals surface area contributed by atoms with Gasteiger partial charge >= 0.3 is 5.97 Å². The molecule has 36 heavy (non-hydrogen) atoms. The van der Waals surface area contributed by atoms with Crippen LogP contribution in [0.15, 0.2) is 101 Å². The summed E-state index contributed by atoms with van der Waals surface area (Å²) >= 11 is 1.55. The molecule has 0 spiro atoms. The fourth-order valence-electron chi connectivity index (χ4n) is 3.44. The molecule has 0 heterocycles. The number of ether oxygens (including phenoxy) is 2. The van der Waals surface area contributed by atoms with Gasteiger partial charge in [0.05, 0.1) is 18.8 Å². The number of hydrogen-bond acceptors (Lipinski definition) is 4. The molecule has 0 aliphatic rings. The van der Waals surface area contributed by atoms with E-state index < -0.39 is 17.6 Å². The van der Waals surface area contributed by atoms with Gasteiger partial charge in [-0.1, -0.05) is 23.9 Å². The van der Waals surface area contributed by atoms with E-state index in [0.29, 0.717) is 30.1 Å². The number of aromatic carboxylic acids is 1. The second kappa shape index (κ2) is 12.2. The molecule has 0 aliphatic carbocycles. The number of halogens is 2. The highest BCUT2D eigenvalue weighted by Crippen LogP contribution is 2.29. The standard InChI is InChI=1S/C29H24F2O4S/c30-22-7-16-27(28(31)19-22)20-3-8-23(9-4-20)34-17-1-2-18-35-24-10-14-26(15-11-24)36-25-12-5-21(6-13-25)29(32)33/h3-16,19H,1-2,17-18H2,(H,32,33). The minimum atomic E-state index is -0.936. The summed E-state index contributed by atoms with van der Waals surface area (Å²) in [4.78, 5) is 12.9. The van der Waals surface area contributed by atoms with E-state index in [2.05, 4.69) is 0 Å². The van der Waals surface area contributed by atoms with Crippen LogP contribution < -0.4 is 9.47 Å². The number of unbranched alkanes of at least 4 members (excludes halogenated alkanes) is 1. The lowest BCUT2D eigenvalue weighted by Gasteiger charge is -2.09. The Morgan fingerprint density at radius 3 is 1.78 bits per heavy atom. The quantitative estimate of drug-likeness (QED) is 0.211. The zero-order chi connectivity index (χ0) is 25.3. The first kappa shape index (κ1) is 25.3. The van der Waals surface area contributed by atoms with Crippen LogP contribution in [-0.4, -0.2) is 24.3 Å². The molecule has 4 aromatic carbocycles. The lowest BCUT2D eigenvalue weighted by atomic mass is 10.1. The molecule has 0 saturated carbocycles. The molecule has 184 valence electrons. The molecule has 7 heteroatoms. The van der Waals surface area contributed by atoms with Gasteiger partial charge < -0.3 is 14.6 Å². The Hall–Kier alpha value is -3.84. The second-order valence-corrected chi connectivity index (χ2v) is 9.10. The van der Waals surface area contributed by atoms with Crippen molar-refractivity contribution in [3.8, 4) is 22.6 Å². The molecule has 0 saturated heterocycles. The minimum Gasteiger partial charge on any atom is -0.494 e. The van der Waals surface area contributed by atoms with Crippen molar-refractivity contribution in [2.24, 2.45) is 0 Å². The predicted octanol–water partition coefficient (Wildman–Crippen LogP) is 7.72. The molecule has 1 N–H and O–H groups in total. The average Bonchev–Trinajstić information content (AvgIpc) is 2.88. The monoisotopic (exact) mass is 506 g/mol. The highest BCUT2D eigenvalue weighted by atomic mass is 32.2. The maximum absolute atomic E-state index is 13.9. The lowest BCUT2D eigenvalue weighted by molar-refractivity contribution is 0.0697. The van der Waals surface area contributed by atoms with Crippen molar-refractivity contribution in [3.05, 3.63) is 108 Å². The molecule has 0 radical (unpaired) electrons. The summed E-state index contributed by atoms with van der Waals surface area (Å²) in [5, 5.41) is 8.98. The first-order chi connectivity index (χ1) is 17.5. The maximum Gasteiger partial charge on any atom is 0.335 e. The molecular weight excluding hydrogens is 482 g/mol. The van der Waals surface area contributed by atoms with Gasteiger partial charge in [-0.25, -0.2) is 13.6 Å². The molecule has 4 aromatic rings. The molecule has 0 aromatic heterocycles. The minimum absolute atomic E-state index is 0.268. The third kappa shape index (κ3) is 7.09. The third-order valence-electron chi connectivity index (χ3n) is 5.33. The van der Waals surface area contributed by atoms with Crippen LogP contribution in [-0.2, 0) is 0 Å². The zero-order valence-corrected chi connectivity index (χ0v) is 20.1. The molecule has 0 bridgehead atoms. The van der Waals surface area contributed by atoms with Crippen LogP contribution in [0.1, 0.15) is 23.2 Å². The van der Waals surface area contributed by atoms with Crippen LogP contribution in [0.4, 0.5) is 8.78 Å². The molecule has 0 unspecified atom stereocenters. The van der Waals surface area contributed by atoms with E-state index in [4.69, 9.17) is 14.6 Å². The Morgan fingerprint density at radius 1 is 0.722 bits per heavy atom. The fourth-order valence-corrected chi connectivity index (χ4v) is 4.26. The first-order valence-corrected chi connectivity index (χ1v) is 12.2. The van der Waals surface area contributed by atoms with Crippen molar-refractivity contribution in [3.63, 3.8) is 0 Å². The van der Waals surface area contributed by atoms with Crippen molar-refractivity contribution in [2.45, 2.75) is 22.6 Å². The number of benzene rings is 4. The Balaban J connectivity index is 1.15. The van der Waals surface area contributed by atoms with E-state index in [9.17, 15) is 13.6 Å². The smallest absolute Gasteiger partial charge is 0.335 e. The number of carbonyl (C=O) groups is 1. The SMILES string of the molecule is O=C(O)c1ccc(Sc2ccc(OCCCCOc3ccc(-c4ccc(F)cc4F)cc3)cc2)cc1. The summed E-state index contributed by atoms with van der Waals surface area (Å²) in [6, 6.07) is 25.1. The normalized spacial score (nSPS) is 10.7. The van der Waals surface area contributed by atoms with Gasteiger partial charge in [0, 0.05) is 21.4 Å². The summed E-state index contributed by atoms with van der Waals surface area (Å²) in [5.41, 5.74) is 1.28. The molecule has 0 atom stereocenters. The van der Waals surface area contributed by atoms with E-state index in [0.717, 1.165) is 34.4 Å². The van der Waals surface area contributed by atoms with Crippen molar-refractivity contribution >= 4 is 17.7 Å². The Labute approximate surface area is 212 Å². The van der Waals surface area contributed by atoms with Crippen molar-refractivity contribution in [1.82, 2.24) is 0 Å². The van der Waals surface area contributed by atoms with Crippen LogP contribution >= 0.6 is 11.8 Å². The van der Waals surface area contributed by atoms with E-state index in [1.54, 1.807) is 60.3 Å². The first-order valence-electron chi connectivity index (χ1n) is 11.4. The van der Waals surface area contributed by atoms with Gasteiger partial charge in [-0.3, -0.25) is 0 Å². The maximum atomic E-state index is 13.9. The molecule has 4 rings (SSSR count). The largest absolute Gasteiger partial charge is 0.494 e. The fraction of sp³-hybridized carbons (Fsp3) is 0.138. The summed E-state index contributed by atoms with van der Waals surface area (Å²) in [7, 11) is 0. The molecule has 4 nitrogen and oxygen atoms in total. The summed E-state index contributed by atoms with van der Waals surface area (Å²) in [5.74, 6) is -0.657. The number of rotatable bonds is 11. The lowest BCUT2D eigenvalue weighted by Crippen LogP contribution is -2.02. The van der Waals surface area contributed by atoms with Crippen LogP contribution in [0, 0.1) is 11.6 Å². The van der Waals surface area contributed by atoms with E-state index in [1.807, 2.05) is 24.3 Å². The Morgan fingerprint density at radius 2 is 1.25 bits per heavy atom. The van der Waals surface area contributed by atoms with Crippen LogP contribution in [0.5, 0.6) is 11.5 Å². The van der Waals surface area contributed by atoms with Crippen LogP contribution in [0.25, 0.3) is 11.1 Å². The highest BCUT2D eigenvalue weighted by molar-refractivity contribution is 7.99. The van der Waals surface area contributed by atoms with Crippen LogP contribution in [0.3, 0.4) is 0 Å². The van der Waals surface area contributed by atoms with Crippen molar-refractivity contribution < 1.29 is 28.2 Å². The summed E-state index contributed by atoms with van der Waals surface area (Å²) < 4.78 is 38.6. The van der Waals surface area contributed by atoms with Crippen molar-refractivity contribution in [1.29, 1.82) is 0 Å². The highest BCUT2D eigenvalue weighted by Gasteiger charge is 2.07. The molecule has 0 aliphatic heterocycles. The third-order valence-corrected chi connectivity index (χ3v) is 6.35. The van der Waals surface area contributed by atoms with E-state index >= 15 is 0 Å². The van der Waals surface area contributed by atoms with Crippen molar-refractivity contribution in [2.75, 3.05) is 13.2 Å². The molecule has 0 fully saturated rings. The summed E-state index contributed by atoms with van der Waals surface area (Å²) in [6.07, 6.45) is 1.64. The predicted molar refractivity (Wildman–Crippen MR) is 136 cm³/mol. The number of hydrogen-bond donors (Lipinski definition) is 1. The van der Waals surface area contributed by atoms with Gasteiger partial charge in [0.15, 0.2) is 0 Å². The van der Waals surface area contributed by atoms with Crippen LogP contribution in [0.2, 0.25) is 0 Å².